The molecule has 0 saturated carbocycles. The Morgan fingerprint density at radius 3 is 2.69 bits per heavy atom. The number of nitrogens with zero attached hydrogens (tertiary/aromatic N) is 1. The maximum atomic E-state index is 5.35. The predicted molar refractivity (Wildman–Crippen MR) is 69.9 cm³/mol. The molecular weight excluding hydrogens is 202 g/mol. The second-order valence-corrected chi connectivity index (χ2v) is 3.66. The smallest absolute Gasteiger partial charge is 0.122 e. The van der Waals surface area contributed by atoms with Gasteiger partial charge in [-0.15, -0.1) is 0 Å². The van der Waals surface area contributed by atoms with E-state index < -0.39 is 0 Å². The van der Waals surface area contributed by atoms with E-state index in [1.165, 1.54) is 19.0 Å². The summed E-state index contributed by atoms with van der Waals surface area (Å²) < 4.78 is 0. The Morgan fingerprint density at radius 2 is 2.19 bits per heavy atom. The molecule has 0 aromatic rings. The van der Waals surface area contributed by atoms with Crippen LogP contribution >= 0.6 is 0 Å². The summed E-state index contributed by atoms with van der Waals surface area (Å²) in [7, 11) is 1.84. The van der Waals surface area contributed by atoms with E-state index in [4.69, 9.17) is 11.6 Å². The number of nitrogens with one attached hydrogen (secondary N) is 2. The minimum atomic E-state index is 0.301. The zero-order chi connectivity index (χ0) is 12.2. The number of rotatable bonds is 8. The van der Waals surface area contributed by atoms with Crippen LogP contribution in [0.1, 0.15) is 32.6 Å². The van der Waals surface area contributed by atoms with Crippen LogP contribution in [0.5, 0.6) is 0 Å². The molecule has 0 aromatic carbocycles. The summed E-state index contributed by atoms with van der Waals surface area (Å²) in [6, 6.07) is 0.301. The van der Waals surface area contributed by atoms with Crippen molar-refractivity contribution in [1.82, 2.24) is 10.7 Å². The monoisotopic (exact) mass is 227 g/mol. The molecule has 0 bridgehead atoms. The number of hydrazine groups is 1. The van der Waals surface area contributed by atoms with E-state index in [-0.39, 0.29) is 0 Å². The van der Waals surface area contributed by atoms with Crippen molar-refractivity contribution >= 4 is 5.84 Å². The van der Waals surface area contributed by atoms with Crippen molar-refractivity contribution < 1.29 is 0 Å². The van der Waals surface area contributed by atoms with Gasteiger partial charge in [-0.2, -0.15) is 0 Å². The highest BCUT2D eigenvalue weighted by molar-refractivity contribution is 5.92. The van der Waals surface area contributed by atoms with Gasteiger partial charge in [0.05, 0.1) is 6.04 Å². The lowest BCUT2D eigenvalue weighted by atomic mass is 10.1. The average Bonchev–Trinajstić information content (AvgIpc) is 2.31. The second kappa shape index (κ2) is 10.4. The molecule has 0 amide bonds. The number of nitrogens with two attached hydrogens (primary N) is 2. The Balaban J connectivity index is 4.34. The van der Waals surface area contributed by atoms with Gasteiger partial charge in [0.1, 0.15) is 5.84 Å². The largest absolute Gasteiger partial charge is 0.404 e. The number of hydrogen-bond donors (Lipinski definition) is 4. The first kappa shape index (κ1) is 14.9. The molecule has 5 nitrogen and oxygen atoms in total. The normalized spacial score (nSPS) is 14.3. The summed E-state index contributed by atoms with van der Waals surface area (Å²) in [5, 5.41) is 3.02. The number of hydrogen-bond acceptors (Lipinski definition) is 4. The van der Waals surface area contributed by atoms with Gasteiger partial charge >= 0.3 is 0 Å². The van der Waals surface area contributed by atoms with Gasteiger partial charge in [0.25, 0.3) is 0 Å². The van der Waals surface area contributed by atoms with Crippen LogP contribution in [0, 0.1) is 0 Å². The Labute approximate surface area is 98.3 Å². The molecule has 0 rings (SSSR count). The van der Waals surface area contributed by atoms with Gasteiger partial charge in [-0.3, -0.25) is 16.3 Å². The minimum Gasteiger partial charge on any atom is -0.404 e. The zero-order valence-corrected chi connectivity index (χ0v) is 10.4. The molecule has 0 aliphatic carbocycles. The van der Waals surface area contributed by atoms with Crippen molar-refractivity contribution in [2.75, 3.05) is 13.6 Å². The molecular formula is C11H25N5. The molecule has 0 aromatic heterocycles. The summed E-state index contributed by atoms with van der Waals surface area (Å²) >= 11 is 0. The SMILES string of the molecule is CCCCC(CCNN)/N=C(\C=C\N)NC. The Bertz CT molecular complexity index is 204. The topological polar surface area (TPSA) is 88.5 Å². The van der Waals surface area contributed by atoms with E-state index in [0.717, 1.165) is 25.2 Å². The van der Waals surface area contributed by atoms with E-state index in [2.05, 4.69) is 22.7 Å². The molecule has 0 spiro atoms. The van der Waals surface area contributed by atoms with Crippen molar-refractivity contribution in [3.8, 4) is 0 Å². The summed E-state index contributed by atoms with van der Waals surface area (Å²) in [5.74, 6) is 6.10. The van der Waals surface area contributed by atoms with Crippen LogP contribution in [-0.4, -0.2) is 25.5 Å². The summed E-state index contributed by atoms with van der Waals surface area (Å²) in [4.78, 5) is 4.60. The van der Waals surface area contributed by atoms with Crippen molar-refractivity contribution in [1.29, 1.82) is 0 Å². The van der Waals surface area contributed by atoms with Gasteiger partial charge in [0.2, 0.25) is 0 Å². The van der Waals surface area contributed by atoms with Crippen molar-refractivity contribution in [3.05, 3.63) is 12.3 Å². The molecule has 94 valence electrons. The number of unbranched alkanes of at least 4 members (excludes halogenated alkanes) is 1. The van der Waals surface area contributed by atoms with Crippen LogP contribution in [-0.2, 0) is 0 Å². The first-order valence-electron chi connectivity index (χ1n) is 5.85. The quantitative estimate of drug-likeness (QED) is 0.210. The molecule has 0 aliphatic heterocycles. The van der Waals surface area contributed by atoms with Crippen LogP contribution < -0.4 is 22.3 Å². The molecule has 5 heteroatoms. The van der Waals surface area contributed by atoms with Crippen LogP contribution in [0.3, 0.4) is 0 Å². The fraction of sp³-hybridized carbons (Fsp3) is 0.727. The summed E-state index contributed by atoms with van der Waals surface area (Å²) in [5.41, 5.74) is 8.01. The molecule has 0 fully saturated rings. The van der Waals surface area contributed by atoms with Crippen LogP contribution in [0.15, 0.2) is 17.3 Å². The Kier molecular flexibility index (Phi) is 9.75. The summed E-state index contributed by atoms with van der Waals surface area (Å²) in [6.07, 6.45) is 7.66. The highest BCUT2D eigenvalue weighted by atomic mass is 15.2. The van der Waals surface area contributed by atoms with Crippen LogP contribution in [0.2, 0.25) is 0 Å². The van der Waals surface area contributed by atoms with Gasteiger partial charge in [-0.25, -0.2) is 0 Å². The van der Waals surface area contributed by atoms with Crippen LogP contribution in [0.25, 0.3) is 0 Å². The Morgan fingerprint density at radius 1 is 1.44 bits per heavy atom. The standard InChI is InChI=1S/C11H25N5/c1-3-4-5-10(7-9-15-13)16-11(14-2)6-8-12/h6,8,10,15H,3-5,7,9,12-13H2,1-2H3,(H,14,16)/b8-6+. The third-order valence-electron chi connectivity index (χ3n) is 2.34. The first-order valence-corrected chi connectivity index (χ1v) is 5.85. The van der Waals surface area contributed by atoms with Crippen molar-refractivity contribution in [2.45, 2.75) is 38.6 Å². The highest BCUT2D eigenvalue weighted by Gasteiger charge is 2.06. The summed E-state index contributed by atoms with van der Waals surface area (Å²) in [6.45, 7) is 2.96. The van der Waals surface area contributed by atoms with E-state index in [9.17, 15) is 0 Å². The fourth-order valence-electron chi connectivity index (χ4n) is 1.44. The molecule has 0 aliphatic rings. The van der Waals surface area contributed by atoms with Crippen molar-refractivity contribution in [3.63, 3.8) is 0 Å². The average molecular weight is 227 g/mol. The third-order valence-corrected chi connectivity index (χ3v) is 2.34. The zero-order valence-electron chi connectivity index (χ0n) is 10.4. The van der Waals surface area contributed by atoms with E-state index in [0.29, 0.717) is 6.04 Å². The van der Waals surface area contributed by atoms with E-state index in [1.807, 2.05) is 7.05 Å². The predicted octanol–water partition coefficient (Wildman–Crippen LogP) is 0.489. The highest BCUT2D eigenvalue weighted by Crippen LogP contribution is 2.08. The lowest BCUT2D eigenvalue weighted by Gasteiger charge is -2.13. The number of aliphatic imine (C=N–C) groups is 1. The van der Waals surface area contributed by atoms with Gasteiger partial charge in [-0.1, -0.05) is 19.8 Å². The maximum Gasteiger partial charge on any atom is 0.122 e. The number of likely N-dealkylation sites (N-methyl/N-ethyl adjacent to an activating group) is 1. The lowest BCUT2D eigenvalue weighted by molar-refractivity contribution is 0.521. The Hall–Kier alpha value is -1.07. The molecule has 16 heavy (non-hydrogen) atoms. The fourth-order valence-corrected chi connectivity index (χ4v) is 1.44. The third kappa shape index (κ3) is 7.25. The number of amidine groups is 1. The molecule has 6 N–H and O–H groups in total. The lowest BCUT2D eigenvalue weighted by Crippen LogP contribution is -2.27. The second-order valence-electron chi connectivity index (χ2n) is 3.66. The van der Waals surface area contributed by atoms with E-state index in [1.54, 1.807) is 6.08 Å². The van der Waals surface area contributed by atoms with Crippen molar-refractivity contribution in [2.24, 2.45) is 16.6 Å². The minimum absolute atomic E-state index is 0.301. The van der Waals surface area contributed by atoms with Gasteiger partial charge in [0, 0.05) is 13.6 Å². The molecule has 1 unspecified atom stereocenters. The van der Waals surface area contributed by atoms with Gasteiger partial charge < -0.3 is 11.1 Å². The van der Waals surface area contributed by atoms with Crippen LogP contribution in [0.4, 0.5) is 0 Å². The van der Waals surface area contributed by atoms with E-state index >= 15 is 0 Å². The molecule has 0 heterocycles. The molecule has 0 saturated heterocycles. The maximum absolute atomic E-state index is 5.35. The van der Waals surface area contributed by atoms with Gasteiger partial charge in [0.15, 0.2) is 0 Å². The molecule has 1 atom stereocenters. The van der Waals surface area contributed by atoms with Gasteiger partial charge in [-0.05, 0) is 25.1 Å². The molecule has 0 radical (unpaired) electrons. The first-order chi connectivity index (χ1) is 7.78.